The van der Waals surface area contributed by atoms with Gasteiger partial charge >= 0.3 is 0 Å². The topological polar surface area (TPSA) is 24.5 Å². The Morgan fingerprint density at radius 1 is 1.20 bits per heavy atom. The molecule has 1 aliphatic heterocycles. The highest BCUT2D eigenvalue weighted by Gasteiger charge is 2.28. The fourth-order valence-electron chi connectivity index (χ4n) is 2.61. The van der Waals surface area contributed by atoms with E-state index < -0.39 is 0 Å². The number of hydrogen-bond donors (Lipinski definition) is 1. The summed E-state index contributed by atoms with van der Waals surface area (Å²) in [7, 11) is 0. The summed E-state index contributed by atoms with van der Waals surface area (Å²) < 4.78 is 5.76. The van der Waals surface area contributed by atoms with E-state index in [4.69, 9.17) is 17.0 Å². The first-order chi connectivity index (χ1) is 9.81. The Bertz CT molecular complexity index is 441. The average Bonchev–Trinajstić information content (AvgIpc) is 3.13. The maximum absolute atomic E-state index is 5.76. The van der Waals surface area contributed by atoms with Crippen LogP contribution >= 0.6 is 12.2 Å². The lowest BCUT2D eigenvalue weighted by Crippen LogP contribution is -2.41. The van der Waals surface area contributed by atoms with Crippen molar-refractivity contribution in [1.29, 1.82) is 0 Å². The van der Waals surface area contributed by atoms with E-state index in [2.05, 4.69) is 10.2 Å². The molecule has 1 N–H and O–H groups in total. The van der Waals surface area contributed by atoms with E-state index in [0.29, 0.717) is 6.10 Å². The Labute approximate surface area is 126 Å². The van der Waals surface area contributed by atoms with E-state index in [1.165, 1.54) is 19.3 Å². The molecule has 1 aromatic carbocycles. The van der Waals surface area contributed by atoms with Crippen LogP contribution in [0.2, 0.25) is 0 Å². The van der Waals surface area contributed by atoms with Gasteiger partial charge in [-0.15, -0.1) is 0 Å². The van der Waals surface area contributed by atoms with Crippen molar-refractivity contribution in [1.82, 2.24) is 4.90 Å². The number of hydrogen-bond acceptors (Lipinski definition) is 2. The predicted molar refractivity (Wildman–Crippen MR) is 85.9 cm³/mol. The second-order valence-electron chi connectivity index (χ2n) is 5.78. The van der Waals surface area contributed by atoms with Gasteiger partial charge in [-0.2, -0.15) is 0 Å². The molecule has 3 rings (SSSR count). The zero-order chi connectivity index (χ0) is 13.8. The number of rotatable bonds is 5. The van der Waals surface area contributed by atoms with E-state index in [-0.39, 0.29) is 0 Å². The summed E-state index contributed by atoms with van der Waals surface area (Å²) >= 11 is 5.60. The van der Waals surface area contributed by atoms with Crippen LogP contribution in [0.25, 0.3) is 0 Å². The van der Waals surface area contributed by atoms with Crippen molar-refractivity contribution in [2.24, 2.45) is 5.92 Å². The number of thiocarbonyl (C=S) groups is 1. The second-order valence-corrected chi connectivity index (χ2v) is 6.17. The quantitative estimate of drug-likeness (QED) is 0.841. The number of anilines is 1. The van der Waals surface area contributed by atoms with Gasteiger partial charge in [0.25, 0.3) is 0 Å². The first-order valence-electron chi connectivity index (χ1n) is 7.54. The Morgan fingerprint density at radius 3 is 2.65 bits per heavy atom. The van der Waals surface area contributed by atoms with E-state index in [9.17, 15) is 0 Å². The first kappa shape index (κ1) is 13.8. The minimum Gasteiger partial charge on any atom is -0.376 e. The van der Waals surface area contributed by atoms with Gasteiger partial charge in [-0.3, -0.25) is 0 Å². The summed E-state index contributed by atoms with van der Waals surface area (Å²) in [5.74, 6) is 0.826. The van der Waals surface area contributed by atoms with Crippen LogP contribution in [0.4, 0.5) is 5.69 Å². The third-order valence-electron chi connectivity index (χ3n) is 3.94. The molecule has 1 aliphatic carbocycles. The van der Waals surface area contributed by atoms with Crippen molar-refractivity contribution in [3.8, 4) is 0 Å². The highest BCUT2D eigenvalue weighted by molar-refractivity contribution is 7.80. The van der Waals surface area contributed by atoms with E-state index >= 15 is 0 Å². The Kier molecular flexibility index (Phi) is 4.53. The van der Waals surface area contributed by atoms with Crippen molar-refractivity contribution in [3.05, 3.63) is 30.3 Å². The van der Waals surface area contributed by atoms with Crippen LogP contribution in [0.3, 0.4) is 0 Å². The molecular formula is C16H22N2OS. The molecule has 1 aromatic rings. The molecule has 0 radical (unpaired) electrons. The summed E-state index contributed by atoms with van der Waals surface area (Å²) in [6, 6.07) is 10.2. The molecule has 0 amide bonds. The fourth-order valence-corrected chi connectivity index (χ4v) is 2.88. The first-order valence-corrected chi connectivity index (χ1v) is 7.94. The highest BCUT2D eigenvalue weighted by Crippen LogP contribution is 2.30. The zero-order valence-electron chi connectivity index (χ0n) is 11.8. The van der Waals surface area contributed by atoms with Crippen molar-refractivity contribution < 1.29 is 4.74 Å². The molecule has 1 saturated carbocycles. The number of ether oxygens (including phenoxy) is 1. The highest BCUT2D eigenvalue weighted by atomic mass is 32.1. The van der Waals surface area contributed by atoms with Crippen molar-refractivity contribution >= 4 is 23.0 Å². The number of nitrogens with one attached hydrogen (secondary N) is 1. The Balaban J connectivity index is 1.59. The molecule has 0 bridgehead atoms. The second kappa shape index (κ2) is 6.55. The van der Waals surface area contributed by atoms with Gasteiger partial charge in [-0.25, -0.2) is 0 Å². The summed E-state index contributed by atoms with van der Waals surface area (Å²) in [5, 5.41) is 4.18. The number of benzene rings is 1. The molecule has 1 saturated heterocycles. The summed E-state index contributed by atoms with van der Waals surface area (Å²) in [6.07, 6.45) is 5.38. The molecule has 20 heavy (non-hydrogen) atoms. The van der Waals surface area contributed by atoms with Crippen LogP contribution in [0.15, 0.2) is 30.3 Å². The van der Waals surface area contributed by atoms with Crippen LogP contribution in [0.5, 0.6) is 0 Å². The molecule has 0 aromatic heterocycles. The van der Waals surface area contributed by atoms with Gasteiger partial charge in [-0.1, -0.05) is 18.2 Å². The van der Waals surface area contributed by atoms with Crippen molar-refractivity contribution in [2.45, 2.75) is 31.8 Å². The van der Waals surface area contributed by atoms with Gasteiger partial charge in [-0.05, 0) is 56.0 Å². The van der Waals surface area contributed by atoms with Gasteiger partial charge in [0.15, 0.2) is 5.11 Å². The van der Waals surface area contributed by atoms with Crippen LogP contribution in [0.1, 0.15) is 25.7 Å². The third-order valence-corrected chi connectivity index (χ3v) is 4.30. The maximum atomic E-state index is 5.76. The summed E-state index contributed by atoms with van der Waals surface area (Å²) in [6.45, 7) is 2.90. The molecule has 0 spiro atoms. The average molecular weight is 290 g/mol. The Hall–Kier alpha value is -1.13. The predicted octanol–water partition coefficient (Wildman–Crippen LogP) is 3.27. The molecule has 2 aliphatic rings. The zero-order valence-corrected chi connectivity index (χ0v) is 12.6. The van der Waals surface area contributed by atoms with Crippen LogP contribution in [0, 0.1) is 5.92 Å². The lowest BCUT2D eigenvalue weighted by Gasteiger charge is -2.28. The molecule has 108 valence electrons. The fraction of sp³-hybridized carbons (Fsp3) is 0.562. The lowest BCUT2D eigenvalue weighted by molar-refractivity contribution is 0.0909. The van der Waals surface area contributed by atoms with Crippen LogP contribution < -0.4 is 5.32 Å². The minimum atomic E-state index is 0.351. The standard InChI is InChI=1S/C16H22N2OS/c20-16(17-14-5-2-1-3-6-14)18(11-13-8-9-13)12-15-7-4-10-19-15/h1-3,5-6,13,15H,4,7-12H2,(H,17,20). The molecule has 1 unspecified atom stereocenters. The molecule has 4 heteroatoms. The number of para-hydroxylation sites is 1. The monoisotopic (exact) mass is 290 g/mol. The van der Waals surface area contributed by atoms with Gasteiger partial charge in [0.1, 0.15) is 0 Å². The molecule has 1 atom stereocenters. The largest absolute Gasteiger partial charge is 0.376 e. The summed E-state index contributed by atoms with van der Waals surface area (Å²) in [4.78, 5) is 2.30. The van der Waals surface area contributed by atoms with Gasteiger partial charge in [0, 0.05) is 25.4 Å². The van der Waals surface area contributed by atoms with Crippen LogP contribution in [-0.2, 0) is 4.74 Å². The number of nitrogens with zero attached hydrogens (tertiary/aromatic N) is 1. The maximum Gasteiger partial charge on any atom is 0.173 e. The van der Waals surface area contributed by atoms with E-state index in [1.54, 1.807) is 0 Å². The van der Waals surface area contributed by atoms with Crippen molar-refractivity contribution in [2.75, 3.05) is 25.0 Å². The molecule has 1 heterocycles. The summed E-state index contributed by atoms with van der Waals surface area (Å²) in [5.41, 5.74) is 1.06. The molecule has 2 fully saturated rings. The van der Waals surface area contributed by atoms with Gasteiger partial charge in [0.2, 0.25) is 0 Å². The molecular weight excluding hydrogens is 268 g/mol. The van der Waals surface area contributed by atoms with Crippen LogP contribution in [-0.4, -0.2) is 35.8 Å². The van der Waals surface area contributed by atoms with E-state index in [1.807, 2.05) is 30.3 Å². The van der Waals surface area contributed by atoms with Gasteiger partial charge in [0.05, 0.1) is 6.10 Å². The lowest BCUT2D eigenvalue weighted by atomic mass is 10.2. The normalized spacial score (nSPS) is 21.7. The van der Waals surface area contributed by atoms with Crippen molar-refractivity contribution in [3.63, 3.8) is 0 Å². The van der Waals surface area contributed by atoms with Gasteiger partial charge < -0.3 is 15.0 Å². The molecule has 3 nitrogen and oxygen atoms in total. The third kappa shape index (κ3) is 3.93. The Morgan fingerprint density at radius 2 is 2.00 bits per heavy atom. The minimum absolute atomic E-state index is 0.351. The smallest absolute Gasteiger partial charge is 0.173 e. The van der Waals surface area contributed by atoms with E-state index in [0.717, 1.165) is 42.8 Å². The SMILES string of the molecule is S=C(Nc1ccccc1)N(CC1CC1)CC1CCCO1.